The molecule has 2 aliphatic rings. The molecule has 1 nitrogen and oxygen atoms in total. The SMILES string of the molecule is NCC1CCCC12CC2. The van der Waals surface area contributed by atoms with Gasteiger partial charge in [-0.3, -0.25) is 0 Å². The van der Waals surface area contributed by atoms with Crippen LogP contribution in [0.1, 0.15) is 32.1 Å². The Morgan fingerprint density at radius 1 is 1.33 bits per heavy atom. The lowest BCUT2D eigenvalue weighted by Gasteiger charge is -2.14. The Morgan fingerprint density at radius 3 is 2.56 bits per heavy atom. The van der Waals surface area contributed by atoms with E-state index in [2.05, 4.69) is 0 Å². The number of hydrogen-bond acceptors (Lipinski definition) is 1. The van der Waals surface area contributed by atoms with Crippen LogP contribution in [0.3, 0.4) is 0 Å². The Balaban J connectivity index is 2.05. The van der Waals surface area contributed by atoms with E-state index in [9.17, 15) is 0 Å². The first-order valence-corrected chi connectivity index (χ1v) is 4.07. The summed E-state index contributed by atoms with van der Waals surface area (Å²) in [4.78, 5) is 0. The summed E-state index contributed by atoms with van der Waals surface area (Å²) < 4.78 is 0. The lowest BCUT2D eigenvalue weighted by molar-refractivity contribution is 0.374. The number of hydrogen-bond donors (Lipinski definition) is 1. The monoisotopic (exact) mass is 125 g/mol. The summed E-state index contributed by atoms with van der Waals surface area (Å²) in [6.07, 6.45) is 7.30. The smallest absolute Gasteiger partial charge is 0.00436 e. The highest BCUT2D eigenvalue weighted by atomic mass is 14.6. The molecule has 2 N–H and O–H groups in total. The van der Waals surface area contributed by atoms with Crippen molar-refractivity contribution in [3.63, 3.8) is 0 Å². The van der Waals surface area contributed by atoms with Crippen molar-refractivity contribution in [3.8, 4) is 0 Å². The second kappa shape index (κ2) is 1.72. The van der Waals surface area contributed by atoms with Crippen molar-refractivity contribution in [3.05, 3.63) is 0 Å². The molecule has 2 saturated carbocycles. The van der Waals surface area contributed by atoms with E-state index in [0.717, 1.165) is 17.9 Å². The zero-order chi connectivity index (χ0) is 6.32. The quantitative estimate of drug-likeness (QED) is 0.565. The van der Waals surface area contributed by atoms with Gasteiger partial charge in [-0.15, -0.1) is 0 Å². The molecule has 0 saturated heterocycles. The minimum atomic E-state index is 0.786. The van der Waals surface area contributed by atoms with Gasteiger partial charge in [0.15, 0.2) is 0 Å². The first kappa shape index (κ1) is 5.72. The Bertz CT molecular complexity index is 116. The molecular formula is C8H15N. The second-order valence-electron chi connectivity index (χ2n) is 3.69. The van der Waals surface area contributed by atoms with Gasteiger partial charge >= 0.3 is 0 Å². The van der Waals surface area contributed by atoms with E-state index in [4.69, 9.17) is 5.73 Å². The molecule has 1 spiro atoms. The fourth-order valence-corrected chi connectivity index (χ4v) is 2.40. The van der Waals surface area contributed by atoms with Crippen LogP contribution in [0.25, 0.3) is 0 Å². The molecule has 0 aromatic heterocycles. The first-order valence-electron chi connectivity index (χ1n) is 4.07. The van der Waals surface area contributed by atoms with Crippen molar-refractivity contribution < 1.29 is 0 Å². The lowest BCUT2D eigenvalue weighted by Crippen LogP contribution is -2.18. The molecule has 1 heteroatoms. The minimum Gasteiger partial charge on any atom is -0.330 e. The van der Waals surface area contributed by atoms with Gasteiger partial charge in [-0.1, -0.05) is 6.42 Å². The van der Waals surface area contributed by atoms with E-state index in [0.29, 0.717) is 0 Å². The van der Waals surface area contributed by atoms with Gasteiger partial charge < -0.3 is 5.73 Å². The number of rotatable bonds is 1. The normalized spacial score (nSPS) is 37.7. The highest BCUT2D eigenvalue weighted by Crippen LogP contribution is 2.60. The maximum Gasteiger partial charge on any atom is -0.00436 e. The van der Waals surface area contributed by atoms with Crippen LogP contribution in [-0.4, -0.2) is 6.54 Å². The average molecular weight is 125 g/mol. The molecule has 0 radical (unpaired) electrons. The zero-order valence-electron chi connectivity index (χ0n) is 5.90. The zero-order valence-corrected chi connectivity index (χ0v) is 5.90. The molecule has 0 heterocycles. The molecule has 9 heavy (non-hydrogen) atoms. The molecule has 0 bridgehead atoms. The van der Waals surface area contributed by atoms with Crippen LogP contribution in [0.15, 0.2) is 0 Å². The fraction of sp³-hybridized carbons (Fsp3) is 1.00. The lowest BCUT2D eigenvalue weighted by atomic mass is 9.93. The minimum absolute atomic E-state index is 0.786. The Morgan fingerprint density at radius 2 is 2.11 bits per heavy atom. The van der Waals surface area contributed by atoms with Gasteiger partial charge in [0.25, 0.3) is 0 Å². The van der Waals surface area contributed by atoms with Crippen molar-refractivity contribution in [2.45, 2.75) is 32.1 Å². The molecule has 52 valence electrons. The van der Waals surface area contributed by atoms with Crippen molar-refractivity contribution in [2.24, 2.45) is 17.1 Å². The van der Waals surface area contributed by atoms with Crippen LogP contribution < -0.4 is 5.73 Å². The fourth-order valence-electron chi connectivity index (χ4n) is 2.40. The van der Waals surface area contributed by atoms with Crippen LogP contribution in [0, 0.1) is 11.3 Å². The molecule has 0 aliphatic heterocycles. The van der Waals surface area contributed by atoms with E-state index in [1.165, 1.54) is 32.1 Å². The Kier molecular flexibility index (Phi) is 1.10. The average Bonchev–Trinajstić information content (AvgIpc) is 2.45. The third-order valence-electron chi connectivity index (χ3n) is 3.27. The molecule has 1 unspecified atom stereocenters. The van der Waals surface area contributed by atoms with Crippen molar-refractivity contribution in [1.82, 2.24) is 0 Å². The summed E-state index contributed by atoms with van der Waals surface area (Å²) in [5, 5.41) is 0. The van der Waals surface area contributed by atoms with Crippen LogP contribution in [-0.2, 0) is 0 Å². The highest BCUT2D eigenvalue weighted by Gasteiger charge is 2.50. The third-order valence-corrected chi connectivity index (χ3v) is 3.27. The summed E-state index contributed by atoms with van der Waals surface area (Å²) >= 11 is 0. The maximum absolute atomic E-state index is 5.65. The van der Waals surface area contributed by atoms with Crippen molar-refractivity contribution >= 4 is 0 Å². The van der Waals surface area contributed by atoms with Crippen LogP contribution in [0.4, 0.5) is 0 Å². The topological polar surface area (TPSA) is 26.0 Å². The molecule has 2 rings (SSSR count). The van der Waals surface area contributed by atoms with Gasteiger partial charge in [-0.2, -0.15) is 0 Å². The van der Waals surface area contributed by atoms with Crippen LogP contribution in [0.5, 0.6) is 0 Å². The van der Waals surface area contributed by atoms with E-state index in [1.807, 2.05) is 0 Å². The van der Waals surface area contributed by atoms with Crippen molar-refractivity contribution in [1.29, 1.82) is 0 Å². The van der Waals surface area contributed by atoms with E-state index < -0.39 is 0 Å². The van der Waals surface area contributed by atoms with Crippen LogP contribution in [0.2, 0.25) is 0 Å². The highest BCUT2D eigenvalue weighted by molar-refractivity contribution is 5.02. The predicted octanol–water partition coefficient (Wildman–Crippen LogP) is 1.53. The molecule has 0 aromatic carbocycles. The van der Waals surface area contributed by atoms with E-state index >= 15 is 0 Å². The van der Waals surface area contributed by atoms with Gasteiger partial charge in [-0.25, -0.2) is 0 Å². The number of nitrogens with two attached hydrogens (primary N) is 1. The molecular weight excluding hydrogens is 110 g/mol. The van der Waals surface area contributed by atoms with Gasteiger partial charge in [0.05, 0.1) is 0 Å². The standard InChI is InChI=1S/C8H15N/c9-6-7-2-1-3-8(7)4-5-8/h7H,1-6,9H2. The predicted molar refractivity (Wildman–Crippen MR) is 38.1 cm³/mol. The molecule has 2 fully saturated rings. The van der Waals surface area contributed by atoms with Gasteiger partial charge in [0, 0.05) is 0 Å². The van der Waals surface area contributed by atoms with E-state index in [-0.39, 0.29) is 0 Å². The van der Waals surface area contributed by atoms with Gasteiger partial charge in [-0.05, 0) is 43.6 Å². The summed E-state index contributed by atoms with van der Waals surface area (Å²) in [7, 11) is 0. The van der Waals surface area contributed by atoms with Crippen molar-refractivity contribution in [2.75, 3.05) is 6.54 Å². The first-order chi connectivity index (χ1) is 4.37. The van der Waals surface area contributed by atoms with E-state index in [1.54, 1.807) is 0 Å². The van der Waals surface area contributed by atoms with Gasteiger partial charge in [0.2, 0.25) is 0 Å². The van der Waals surface area contributed by atoms with Gasteiger partial charge in [0.1, 0.15) is 0 Å². The Hall–Kier alpha value is -0.0400. The Labute approximate surface area is 56.6 Å². The molecule has 0 amide bonds. The summed E-state index contributed by atoms with van der Waals surface area (Å²) in [6.45, 7) is 0.944. The molecule has 2 aliphatic carbocycles. The molecule has 1 atom stereocenters. The summed E-state index contributed by atoms with van der Waals surface area (Å²) in [5.41, 5.74) is 6.44. The summed E-state index contributed by atoms with van der Waals surface area (Å²) in [5.74, 6) is 0.900. The third kappa shape index (κ3) is 0.710. The maximum atomic E-state index is 5.65. The summed E-state index contributed by atoms with van der Waals surface area (Å²) in [6, 6.07) is 0. The van der Waals surface area contributed by atoms with Crippen LogP contribution >= 0.6 is 0 Å². The second-order valence-corrected chi connectivity index (χ2v) is 3.69. The largest absolute Gasteiger partial charge is 0.330 e. The molecule has 0 aromatic rings.